The first-order chi connectivity index (χ1) is 20.0. The third-order valence-corrected chi connectivity index (χ3v) is 8.45. The molecule has 3 aliphatic rings. The van der Waals surface area contributed by atoms with E-state index in [1.54, 1.807) is 0 Å². The van der Waals surface area contributed by atoms with E-state index in [9.17, 15) is 19.2 Å². The number of hydrogen-bond acceptors (Lipinski definition) is 6. The molecule has 7 heteroatoms. The van der Waals surface area contributed by atoms with Crippen LogP contribution in [0.1, 0.15) is 40.5 Å². The fraction of sp³-hybridized carbons (Fsp3) is 0.176. The van der Waals surface area contributed by atoms with Crippen LogP contribution in [0.4, 0.5) is 0 Å². The van der Waals surface area contributed by atoms with Crippen molar-refractivity contribution >= 4 is 23.8 Å². The van der Waals surface area contributed by atoms with E-state index in [1.807, 2.05) is 97.1 Å². The molecule has 0 radical (unpaired) electrons. The SMILES string of the molecule is O=C1CC(C(=O)OCC2c3ccccc3-c3ccccc32)(C(=O)OCC2c3ccccc3-c3ccccc32)C(=O)N1. The molecular weight excluding hydrogens is 518 g/mol. The third kappa shape index (κ3) is 3.80. The molecule has 41 heavy (non-hydrogen) atoms. The van der Waals surface area contributed by atoms with Crippen LogP contribution in [-0.4, -0.2) is 37.0 Å². The Bertz CT molecular complexity index is 1560. The molecule has 1 fully saturated rings. The molecule has 1 heterocycles. The summed E-state index contributed by atoms with van der Waals surface area (Å²) in [5.74, 6) is -4.45. The number of hydrogen-bond donors (Lipinski definition) is 1. The van der Waals surface area contributed by atoms with E-state index < -0.39 is 35.6 Å². The molecule has 1 saturated heterocycles. The zero-order valence-corrected chi connectivity index (χ0v) is 22.0. The minimum atomic E-state index is -2.40. The van der Waals surface area contributed by atoms with Crippen molar-refractivity contribution in [3.63, 3.8) is 0 Å². The van der Waals surface area contributed by atoms with Gasteiger partial charge in [0.05, 0.1) is 6.42 Å². The van der Waals surface area contributed by atoms with Gasteiger partial charge in [0.15, 0.2) is 0 Å². The molecule has 202 valence electrons. The molecule has 2 aliphatic carbocycles. The Morgan fingerprint density at radius 3 is 1.27 bits per heavy atom. The zero-order chi connectivity index (χ0) is 28.1. The van der Waals surface area contributed by atoms with Crippen molar-refractivity contribution in [1.82, 2.24) is 5.32 Å². The molecule has 0 spiro atoms. The first kappa shape index (κ1) is 25.0. The van der Waals surface area contributed by atoms with E-state index in [2.05, 4.69) is 5.32 Å². The molecule has 0 atom stereocenters. The largest absolute Gasteiger partial charge is 0.463 e. The van der Waals surface area contributed by atoms with Gasteiger partial charge < -0.3 is 9.47 Å². The Morgan fingerprint density at radius 1 is 0.610 bits per heavy atom. The number of amides is 2. The predicted molar refractivity (Wildman–Crippen MR) is 150 cm³/mol. The zero-order valence-electron chi connectivity index (χ0n) is 22.0. The second kappa shape index (κ2) is 9.55. The predicted octanol–water partition coefficient (Wildman–Crippen LogP) is 4.73. The van der Waals surface area contributed by atoms with Crippen molar-refractivity contribution in [2.24, 2.45) is 5.41 Å². The number of imide groups is 1. The first-order valence-corrected chi connectivity index (χ1v) is 13.5. The third-order valence-electron chi connectivity index (χ3n) is 8.45. The lowest BCUT2D eigenvalue weighted by Crippen LogP contribution is -2.48. The quantitative estimate of drug-likeness (QED) is 0.215. The summed E-state index contributed by atoms with van der Waals surface area (Å²) >= 11 is 0. The van der Waals surface area contributed by atoms with Crippen LogP contribution in [0.5, 0.6) is 0 Å². The van der Waals surface area contributed by atoms with Gasteiger partial charge in [-0.2, -0.15) is 0 Å². The van der Waals surface area contributed by atoms with Crippen molar-refractivity contribution in [3.8, 4) is 22.3 Å². The van der Waals surface area contributed by atoms with Crippen molar-refractivity contribution < 1.29 is 28.7 Å². The van der Waals surface area contributed by atoms with Crippen molar-refractivity contribution in [2.45, 2.75) is 18.3 Å². The molecule has 0 aromatic heterocycles. The highest BCUT2D eigenvalue weighted by Gasteiger charge is 2.62. The monoisotopic (exact) mass is 543 g/mol. The molecule has 0 bridgehead atoms. The van der Waals surface area contributed by atoms with Crippen LogP contribution in [0, 0.1) is 5.41 Å². The molecule has 4 aromatic rings. The minimum absolute atomic E-state index is 0.0905. The molecule has 1 N–H and O–H groups in total. The van der Waals surface area contributed by atoms with E-state index >= 15 is 0 Å². The van der Waals surface area contributed by atoms with Gasteiger partial charge in [0.25, 0.3) is 11.3 Å². The van der Waals surface area contributed by atoms with Gasteiger partial charge in [-0.25, -0.2) is 0 Å². The summed E-state index contributed by atoms with van der Waals surface area (Å²) in [6, 6.07) is 31.4. The fourth-order valence-corrected chi connectivity index (χ4v) is 6.45. The lowest BCUT2D eigenvalue weighted by molar-refractivity contribution is -0.174. The van der Waals surface area contributed by atoms with Gasteiger partial charge in [-0.1, -0.05) is 97.1 Å². The number of carbonyl (C=O) groups excluding carboxylic acids is 4. The molecule has 7 rings (SSSR count). The maximum absolute atomic E-state index is 13.6. The van der Waals surface area contributed by atoms with Gasteiger partial charge in [-0.3, -0.25) is 24.5 Å². The lowest BCUT2D eigenvalue weighted by atomic mass is 9.86. The first-order valence-electron chi connectivity index (χ1n) is 13.5. The average Bonchev–Trinajstić information content (AvgIpc) is 3.61. The van der Waals surface area contributed by atoms with E-state index in [-0.39, 0.29) is 25.0 Å². The fourth-order valence-electron chi connectivity index (χ4n) is 6.45. The normalized spacial score (nSPS) is 16.4. The van der Waals surface area contributed by atoms with E-state index in [4.69, 9.17) is 9.47 Å². The molecule has 0 unspecified atom stereocenters. The van der Waals surface area contributed by atoms with Crippen LogP contribution in [0.25, 0.3) is 22.3 Å². The van der Waals surface area contributed by atoms with Crippen LogP contribution in [-0.2, 0) is 28.7 Å². The van der Waals surface area contributed by atoms with Gasteiger partial charge >= 0.3 is 11.9 Å². The van der Waals surface area contributed by atoms with Crippen molar-refractivity contribution in [2.75, 3.05) is 13.2 Å². The maximum Gasteiger partial charge on any atom is 0.333 e. The number of rotatable bonds is 6. The van der Waals surface area contributed by atoms with Gasteiger partial charge in [0.1, 0.15) is 13.2 Å². The number of carbonyl (C=O) groups is 4. The molecule has 2 amide bonds. The van der Waals surface area contributed by atoms with Crippen LogP contribution >= 0.6 is 0 Å². The molecule has 7 nitrogen and oxygen atoms in total. The average molecular weight is 544 g/mol. The Labute approximate surface area is 236 Å². The second-order valence-electron chi connectivity index (χ2n) is 10.6. The second-order valence-corrected chi connectivity index (χ2v) is 10.6. The molecule has 0 saturated carbocycles. The Balaban J connectivity index is 1.14. The summed E-state index contributed by atoms with van der Waals surface area (Å²) in [4.78, 5) is 52.6. The highest BCUT2D eigenvalue weighted by molar-refractivity contribution is 6.27. The van der Waals surface area contributed by atoms with E-state index in [1.165, 1.54) is 0 Å². The van der Waals surface area contributed by atoms with E-state index in [0.717, 1.165) is 44.5 Å². The summed E-state index contributed by atoms with van der Waals surface area (Å²) in [5, 5.41) is 2.11. The Hall–Kier alpha value is -5.04. The van der Waals surface area contributed by atoms with Crippen LogP contribution in [0.15, 0.2) is 97.1 Å². The van der Waals surface area contributed by atoms with Crippen molar-refractivity contribution in [3.05, 3.63) is 119 Å². The van der Waals surface area contributed by atoms with E-state index in [0.29, 0.717) is 0 Å². The standard InChI is InChI=1S/C34H25NO6/c36-30-17-34(31(37)35-30,32(38)40-18-28-24-13-5-1-9-20(24)21-10-2-6-14-25(21)28)33(39)41-19-29-26-15-7-3-11-22(26)23-12-4-8-16-27(23)29/h1-16,28-29H,17-19H2,(H,35,36,37). The van der Waals surface area contributed by atoms with Gasteiger partial charge in [0.2, 0.25) is 5.91 Å². The summed E-state index contributed by atoms with van der Waals surface area (Å²) < 4.78 is 11.4. The summed E-state index contributed by atoms with van der Waals surface area (Å²) in [7, 11) is 0. The van der Waals surface area contributed by atoms with Gasteiger partial charge in [-0.05, 0) is 44.5 Å². The number of esters is 2. The molecular formula is C34H25NO6. The topological polar surface area (TPSA) is 98.8 Å². The summed E-state index contributed by atoms with van der Waals surface area (Å²) in [5.41, 5.74) is 5.74. The number of ether oxygens (including phenoxy) is 2. The Kier molecular flexibility index (Phi) is 5.82. The summed E-state index contributed by atoms with van der Waals surface area (Å²) in [6.45, 7) is -0.181. The molecule has 1 aliphatic heterocycles. The maximum atomic E-state index is 13.6. The van der Waals surface area contributed by atoms with Crippen LogP contribution in [0.2, 0.25) is 0 Å². The summed E-state index contributed by atoms with van der Waals surface area (Å²) in [6.07, 6.45) is -0.654. The highest BCUT2D eigenvalue weighted by Crippen LogP contribution is 2.46. The molecule has 4 aromatic carbocycles. The van der Waals surface area contributed by atoms with Crippen LogP contribution in [0.3, 0.4) is 0 Å². The highest BCUT2D eigenvalue weighted by atomic mass is 16.6. The van der Waals surface area contributed by atoms with Crippen molar-refractivity contribution in [1.29, 1.82) is 0 Å². The lowest BCUT2D eigenvalue weighted by Gasteiger charge is -2.24. The number of fused-ring (bicyclic) bond motifs is 6. The number of nitrogens with one attached hydrogen (secondary N) is 1. The van der Waals surface area contributed by atoms with Gasteiger partial charge in [0, 0.05) is 11.8 Å². The van der Waals surface area contributed by atoms with Gasteiger partial charge in [-0.15, -0.1) is 0 Å². The van der Waals surface area contributed by atoms with Crippen LogP contribution < -0.4 is 5.32 Å². The minimum Gasteiger partial charge on any atom is -0.463 e. The number of benzene rings is 4. The smallest absolute Gasteiger partial charge is 0.333 e. The Morgan fingerprint density at radius 2 is 0.951 bits per heavy atom.